The molecule has 2 aromatic carbocycles. The maximum Gasteiger partial charge on any atom is 0.115 e. The molecule has 2 aromatic rings. The van der Waals surface area contributed by atoms with E-state index < -0.39 is 0 Å². The Bertz CT molecular complexity index is 508. The molecule has 2 rings (SSSR count). The van der Waals surface area contributed by atoms with Crippen LogP contribution in [0.1, 0.15) is 17.0 Å². The zero-order valence-electron chi connectivity index (χ0n) is 9.81. The van der Waals surface area contributed by atoms with E-state index in [0.29, 0.717) is 11.7 Å². The molecule has 18 heavy (non-hydrogen) atoms. The summed E-state index contributed by atoms with van der Waals surface area (Å²) >= 11 is 7.19. The lowest BCUT2D eigenvalue weighted by Gasteiger charge is -2.16. The van der Waals surface area contributed by atoms with Crippen LogP contribution < -0.4 is 0 Å². The van der Waals surface area contributed by atoms with Gasteiger partial charge in [0.2, 0.25) is 0 Å². The molecule has 3 heteroatoms. The van der Waals surface area contributed by atoms with Gasteiger partial charge in [-0.1, -0.05) is 62.2 Å². The summed E-state index contributed by atoms with van der Waals surface area (Å²) in [6.07, 6.45) is 0.953. The molecular formula is C15H14Br2O. The van der Waals surface area contributed by atoms with Gasteiger partial charge in [-0.2, -0.15) is 0 Å². The molecule has 0 saturated heterocycles. The van der Waals surface area contributed by atoms with Crippen molar-refractivity contribution in [3.05, 3.63) is 64.1 Å². The molecule has 0 spiro atoms. The fraction of sp³-hybridized carbons (Fsp3) is 0.200. The number of hydrogen-bond donors (Lipinski definition) is 1. The van der Waals surface area contributed by atoms with E-state index in [2.05, 4.69) is 50.1 Å². The van der Waals surface area contributed by atoms with Crippen molar-refractivity contribution < 1.29 is 5.11 Å². The molecule has 1 nitrogen and oxygen atoms in total. The Morgan fingerprint density at radius 2 is 1.67 bits per heavy atom. The monoisotopic (exact) mass is 368 g/mol. The van der Waals surface area contributed by atoms with Gasteiger partial charge in [0.25, 0.3) is 0 Å². The van der Waals surface area contributed by atoms with Gasteiger partial charge in [0.05, 0.1) is 0 Å². The fourth-order valence-electron chi connectivity index (χ4n) is 1.97. The summed E-state index contributed by atoms with van der Waals surface area (Å²) in [6.45, 7) is 0. The van der Waals surface area contributed by atoms with Gasteiger partial charge in [0.15, 0.2) is 0 Å². The van der Waals surface area contributed by atoms with Crippen molar-refractivity contribution in [1.29, 1.82) is 0 Å². The van der Waals surface area contributed by atoms with Crippen molar-refractivity contribution in [2.45, 2.75) is 12.3 Å². The maximum absolute atomic E-state index is 9.29. The van der Waals surface area contributed by atoms with Crippen molar-refractivity contribution in [2.24, 2.45) is 0 Å². The third kappa shape index (κ3) is 3.36. The van der Waals surface area contributed by atoms with Crippen LogP contribution in [0, 0.1) is 0 Å². The lowest BCUT2D eigenvalue weighted by Crippen LogP contribution is -2.05. The molecule has 0 bridgehead atoms. The van der Waals surface area contributed by atoms with Gasteiger partial charge in [-0.3, -0.25) is 0 Å². The van der Waals surface area contributed by atoms with Gasteiger partial charge in [-0.05, 0) is 41.7 Å². The van der Waals surface area contributed by atoms with E-state index in [1.54, 1.807) is 12.1 Å². The predicted molar refractivity (Wildman–Crippen MR) is 82.5 cm³/mol. The van der Waals surface area contributed by atoms with Gasteiger partial charge in [0, 0.05) is 9.80 Å². The molecule has 0 radical (unpaired) electrons. The van der Waals surface area contributed by atoms with Gasteiger partial charge in [-0.25, -0.2) is 0 Å². The highest BCUT2D eigenvalue weighted by molar-refractivity contribution is 9.10. The maximum atomic E-state index is 9.29. The number of aromatic hydroxyl groups is 1. The summed E-state index contributed by atoms with van der Waals surface area (Å²) in [5.74, 6) is 0.736. The van der Waals surface area contributed by atoms with Gasteiger partial charge in [-0.15, -0.1) is 0 Å². The van der Waals surface area contributed by atoms with Crippen LogP contribution in [0.5, 0.6) is 5.75 Å². The van der Waals surface area contributed by atoms with Crippen LogP contribution >= 0.6 is 31.9 Å². The Balaban J connectivity index is 2.20. The Morgan fingerprint density at radius 1 is 1.00 bits per heavy atom. The van der Waals surface area contributed by atoms with Crippen molar-refractivity contribution >= 4 is 31.9 Å². The highest BCUT2D eigenvalue weighted by Gasteiger charge is 2.13. The van der Waals surface area contributed by atoms with Crippen LogP contribution in [-0.4, -0.2) is 10.4 Å². The molecule has 0 amide bonds. The summed E-state index contributed by atoms with van der Waals surface area (Å²) in [5.41, 5.74) is 2.54. The van der Waals surface area contributed by atoms with E-state index in [1.165, 1.54) is 11.1 Å². The van der Waals surface area contributed by atoms with Crippen LogP contribution in [0.25, 0.3) is 0 Å². The molecule has 1 atom stereocenters. The highest BCUT2D eigenvalue weighted by Crippen LogP contribution is 2.29. The smallest absolute Gasteiger partial charge is 0.115 e. The number of rotatable bonds is 4. The summed E-state index contributed by atoms with van der Waals surface area (Å²) in [4.78, 5) is 0. The van der Waals surface area contributed by atoms with Crippen LogP contribution in [0.2, 0.25) is 0 Å². The van der Waals surface area contributed by atoms with E-state index in [4.69, 9.17) is 0 Å². The quantitative estimate of drug-likeness (QED) is 0.761. The topological polar surface area (TPSA) is 20.2 Å². The lowest BCUT2D eigenvalue weighted by molar-refractivity contribution is 0.475. The molecule has 1 unspecified atom stereocenters. The largest absolute Gasteiger partial charge is 0.508 e. The zero-order valence-corrected chi connectivity index (χ0v) is 13.0. The fourth-order valence-corrected chi connectivity index (χ4v) is 3.16. The predicted octanol–water partition coefficient (Wildman–Crippen LogP) is 4.88. The second-order valence-electron chi connectivity index (χ2n) is 4.24. The minimum Gasteiger partial charge on any atom is -0.508 e. The van der Waals surface area contributed by atoms with Crippen LogP contribution in [0.3, 0.4) is 0 Å². The van der Waals surface area contributed by atoms with Crippen LogP contribution in [0.15, 0.2) is 53.0 Å². The first-order valence-corrected chi connectivity index (χ1v) is 7.70. The number of halogens is 2. The summed E-state index contributed by atoms with van der Waals surface area (Å²) in [5, 5.41) is 10.2. The van der Waals surface area contributed by atoms with E-state index in [9.17, 15) is 5.11 Å². The molecule has 0 heterocycles. The van der Waals surface area contributed by atoms with Gasteiger partial charge < -0.3 is 5.11 Å². The molecule has 0 aliphatic heterocycles. The van der Waals surface area contributed by atoms with Crippen LogP contribution in [0.4, 0.5) is 0 Å². The SMILES string of the molecule is Oc1ccc(CC(CBr)c2ccccc2Br)cc1. The second-order valence-corrected chi connectivity index (χ2v) is 5.75. The van der Waals surface area contributed by atoms with E-state index in [0.717, 1.165) is 16.2 Å². The third-order valence-corrected chi connectivity index (χ3v) is 4.45. The molecular weight excluding hydrogens is 356 g/mol. The number of benzene rings is 2. The Morgan fingerprint density at radius 3 is 2.28 bits per heavy atom. The zero-order chi connectivity index (χ0) is 13.0. The Labute approximate surface area is 124 Å². The highest BCUT2D eigenvalue weighted by atomic mass is 79.9. The first-order chi connectivity index (χ1) is 8.70. The van der Waals surface area contributed by atoms with Crippen molar-refractivity contribution in [2.75, 3.05) is 5.33 Å². The van der Waals surface area contributed by atoms with Crippen molar-refractivity contribution in [3.8, 4) is 5.75 Å². The number of hydrogen-bond acceptors (Lipinski definition) is 1. The average molecular weight is 370 g/mol. The van der Waals surface area contributed by atoms with E-state index >= 15 is 0 Å². The number of alkyl halides is 1. The number of phenols is 1. The number of phenolic OH excluding ortho intramolecular Hbond substituents is 1. The molecule has 0 aliphatic rings. The molecule has 1 N–H and O–H groups in total. The third-order valence-electron chi connectivity index (χ3n) is 2.95. The van der Waals surface area contributed by atoms with Crippen molar-refractivity contribution in [1.82, 2.24) is 0 Å². The molecule has 94 valence electrons. The van der Waals surface area contributed by atoms with Gasteiger partial charge >= 0.3 is 0 Å². The molecule has 0 saturated carbocycles. The Kier molecular flexibility index (Phi) is 4.84. The first kappa shape index (κ1) is 13.6. The molecule has 0 aliphatic carbocycles. The first-order valence-electron chi connectivity index (χ1n) is 5.79. The van der Waals surface area contributed by atoms with Crippen LogP contribution in [-0.2, 0) is 6.42 Å². The normalized spacial score (nSPS) is 12.3. The minimum absolute atomic E-state index is 0.315. The Hall–Kier alpha value is -0.800. The second kappa shape index (κ2) is 6.39. The summed E-state index contributed by atoms with van der Waals surface area (Å²) in [6, 6.07) is 15.7. The van der Waals surface area contributed by atoms with Crippen molar-refractivity contribution in [3.63, 3.8) is 0 Å². The summed E-state index contributed by atoms with van der Waals surface area (Å²) < 4.78 is 1.15. The average Bonchev–Trinajstić information content (AvgIpc) is 2.39. The lowest BCUT2D eigenvalue weighted by atomic mass is 9.94. The van der Waals surface area contributed by atoms with E-state index in [1.807, 2.05) is 18.2 Å². The summed E-state index contributed by atoms with van der Waals surface area (Å²) in [7, 11) is 0. The molecule has 0 fully saturated rings. The van der Waals surface area contributed by atoms with E-state index in [-0.39, 0.29) is 0 Å². The van der Waals surface area contributed by atoms with Gasteiger partial charge in [0.1, 0.15) is 5.75 Å². The molecule has 0 aromatic heterocycles. The minimum atomic E-state index is 0.315. The standard InChI is InChI=1S/C15H14Br2O/c16-10-12(14-3-1-2-4-15(14)17)9-11-5-7-13(18)8-6-11/h1-8,12,18H,9-10H2.